The average Bonchev–Trinajstić information content (AvgIpc) is 3.24. The molecule has 0 aliphatic rings. The van der Waals surface area contributed by atoms with Gasteiger partial charge in [-0.25, -0.2) is 9.78 Å². The molecule has 0 unspecified atom stereocenters. The number of allylic oxidation sites excluding steroid dienone is 1. The molecule has 1 N–H and O–H groups in total. The minimum Gasteiger partial charge on any atom is -0.479 e. The highest BCUT2D eigenvalue weighted by Gasteiger charge is 2.30. The highest BCUT2D eigenvalue weighted by Crippen LogP contribution is 2.29. The first-order valence-corrected chi connectivity index (χ1v) is 10.0. The molecule has 0 saturated heterocycles. The van der Waals surface area contributed by atoms with Gasteiger partial charge in [-0.05, 0) is 43.2 Å². The third-order valence-corrected chi connectivity index (χ3v) is 4.76. The van der Waals surface area contributed by atoms with E-state index in [4.69, 9.17) is 9.84 Å². The van der Waals surface area contributed by atoms with E-state index in [0.717, 1.165) is 29.8 Å². The van der Waals surface area contributed by atoms with Crippen LogP contribution in [-0.2, 0) is 17.5 Å². The van der Waals surface area contributed by atoms with Crippen molar-refractivity contribution in [2.75, 3.05) is 0 Å². The number of rotatable bonds is 9. The Morgan fingerprint density at radius 2 is 1.91 bits per heavy atom. The van der Waals surface area contributed by atoms with Crippen LogP contribution in [0.5, 0.6) is 5.75 Å². The van der Waals surface area contributed by atoms with Crippen LogP contribution in [0.4, 0.5) is 13.2 Å². The topological polar surface area (TPSA) is 81.4 Å². The molecule has 0 aliphatic heterocycles. The Balaban J connectivity index is 1.62. The maximum absolute atomic E-state index is 12.7. The van der Waals surface area contributed by atoms with E-state index in [1.807, 2.05) is 18.2 Å². The molecule has 2 aromatic carbocycles. The fraction of sp³-hybridized carbons (Fsp3) is 0.208. The number of ether oxygens (including phenoxy) is 1. The summed E-state index contributed by atoms with van der Waals surface area (Å²) in [6, 6.07) is 11.0. The summed E-state index contributed by atoms with van der Waals surface area (Å²) in [6.07, 6.45) is 1.94. The van der Waals surface area contributed by atoms with Gasteiger partial charge in [-0.3, -0.25) is 4.79 Å². The normalized spacial score (nSPS) is 12.6. The summed E-state index contributed by atoms with van der Waals surface area (Å²) in [5, 5.41) is 8.94. The average molecular weight is 458 g/mol. The number of aromatic nitrogens is 2. The van der Waals surface area contributed by atoms with Crippen LogP contribution in [0.25, 0.3) is 6.08 Å². The first-order valence-electron chi connectivity index (χ1n) is 10.0. The van der Waals surface area contributed by atoms with Gasteiger partial charge in [-0.1, -0.05) is 36.4 Å². The molecular formula is C24H21F3N2O4. The summed E-state index contributed by atoms with van der Waals surface area (Å²) in [6.45, 7) is 1.88. The quantitative estimate of drug-likeness (QED) is 0.452. The predicted octanol–water partition coefficient (Wildman–Crippen LogP) is 5.09. The molecule has 3 aromatic rings. The fourth-order valence-corrected chi connectivity index (χ4v) is 3.02. The van der Waals surface area contributed by atoms with Crippen LogP contribution < -0.4 is 4.74 Å². The number of aryl methyl sites for hydroxylation is 1. The van der Waals surface area contributed by atoms with Gasteiger partial charge in [0.1, 0.15) is 5.75 Å². The Kier molecular flexibility index (Phi) is 7.32. The predicted molar refractivity (Wildman–Crippen MR) is 115 cm³/mol. The van der Waals surface area contributed by atoms with Gasteiger partial charge >= 0.3 is 12.1 Å². The van der Waals surface area contributed by atoms with Gasteiger partial charge in [-0.2, -0.15) is 13.2 Å². The van der Waals surface area contributed by atoms with Gasteiger partial charge in [0.2, 0.25) is 5.78 Å². The molecule has 0 aliphatic carbocycles. The van der Waals surface area contributed by atoms with Crippen molar-refractivity contribution < 1.29 is 32.6 Å². The second kappa shape index (κ2) is 10.2. The lowest BCUT2D eigenvalue weighted by molar-refractivity contribution is -0.144. The Bertz CT molecular complexity index is 1150. The molecule has 172 valence electrons. The first-order chi connectivity index (χ1) is 15.6. The van der Waals surface area contributed by atoms with Crippen LogP contribution in [0.15, 0.2) is 67.0 Å². The van der Waals surface area contributed by atoms with Gasteiger partial charge in [0, 0.05) is 24.5 Å². The summed E-state index contributed by atoms with van der Waals surface area (Å²) in [5.74, 6) is -0.944. The van der Waals surface area contributed by atoms with Crippen molar-refractivity contribution in [1.82, 2.24) is 9.55 Å². The summed E-state index contributed by atoms with van der Waals surface area (Å²) in [5.41, 5.74) is 0.120. The van der Waals surface area contributed by atoms with E-state index in [2.05, 4.69) is 4.98 Å². The van der Waals surface area contributed by atoms with Crippen molar-refractivity contribution in [1.29, 1.82) is 0 Å². The van der Waals surface area contributed by atoms with Crippen LogP contribution in [-0.4, -0.2) is 32.5 Å². The SMILES string of the molecule is C[C@H](Oc1cccc(/C=C/CCn2ccnc2C(=O)c2ccc(C(F)(F)F)cc2)c1)C(=O)O. The molecule has 1 heterocycles. The second-order valence-corrected chi connectivity index (χ2v) is 7.21. The van der Waals surface area contributed by atoms with Crippen molar-refractivity contribution in [3.63, 3.8) is 0 Å². The number of carboxylic acids is 1. The number of carbonyl (C=O) groups is 2. The Labute approximate surface area is 188 Å². The van der Waals surface area contributed by atoms with Crippen LogP contribution >= 0.6 is 0 Å². The van der Waals surface area contributed by atoms with Crippen LogP contribution in [0.2, 0.25) is 0 Å². The molecule has 1 aromatic heterocycles. The molecule has 9 heteroatoms. The maximum Gasteiger partial charge on any atom is 0.416 e. The zero-order valence-electron chi connectivity index (χ0n) is 17.6. The van der Waals surface area contributed by atoms with E-state index in [0.29, 0.717) is 18.7 Å². The number of hydrogen-bond acceptors (Lipinski definition) is 4. The standard InChI is InChI=1S/C24H21F3N2O4/c1-16(23(31)32)33-20-7-4-6-17(15-20)5-2-3-13-29-14-12-28-22(29)21(30)18-8-10-19(11-9-18)24(25,26)27/h2,4-12,14-16H,3,13H2,1H3,(H,31,32)/b5-2+/t16-/m0/s1. The minimum atomic E-state index is -4.47. The lowest BCUT2D eigenvalue weighted by atomic mass is 10.1. The van der Waals surface area contributed by atoms with Crippen molar-refractivity contribution in [3.05, 3.63) is 89.5 Å². The minimum absolute atomic E-state index is 0.124. The first kappa shape index (κ1) is 23.8. The van der Waals surface area contributed by atoms with E-state index < -0.39 is 29.6 Å². The van der Waals surface area contributed by atoms with Gasteiger partial charge in [0.05, 0.1) is 5.56 Å². The fourth-order valence-electron chi connectivity index (χ4n) is 3.02. The van der Waals surface area contributed by atoms with Crippen LogP contribution in [0.1, 0.15) is 40.7 Å². The monoisotopic (exact) mass is 458 g/mol. The maximum atomic E-state index is 12.7. The van der Waals surface area contributed by atoms with Crippen molar-refractivity contribution in [3.8, 4) is 5.75 Å². The number of benzene rings is 2. The number of carboxylic acid groups (broad SMARTS) is 1. The lowest BCUT2D eigenvalue weighted by Gasteiger charge is -2.10. The highest BCUT2D eigenvalue weighted by atomic mass is 19.4. The van der Waals surface area contributed by atoms with E-state index >= 15 is 0 Å². The third-order valence-electron chi connectivity index (χ3n) is 4.76. The molecule has 0 saturated carbocycles. The van der Waals surface area contributed by atoms with Crippen LogP contribution in [0, 0.1) is 0 Å². The van der Waals surface area contributed by atoms with Crippen molar-refractivity contribution in [2.24, 2.45) is 0 Å². The Morgan fingerprint density at radius 1 is 1.18 bits per heavy atom. The molecule has 0 amide bonds. The van der Waals surface area contributed by atoms with Gasteiger partial charge in [0.25, 0.3) is 0 Å². The molecule has 33 heavy (non-hydrogen) atoms. The number of carbonyl (C=O) groups excluding carboxylic acids is 1. The number of alkyl halides is 3. The van der Waals surface area contributed by atoms with Crippen molar-refractivity contribution in [2.45, 2.75) is 32.2 Å². The van der Waals surface area contributed by atoms with Crippen molar-refractivity contribution >= 4 is 17.8 Å². The van der Waals surface area contributed by atoms with E-state index in [1.165, 1.54) is 13.1 Å². The van der Waals surface area contributed by atoms with Crippen LogP contribution in [0.3, 0.4) is 0 Å². The Morgan fingerprint density at radius 3 is 2.58 bits per heavy atom. The van der Waals surface area contributed by atoms with Gasteiger partial charge in [0.15, 0.2) is 11.9 Å². The summed E-state index contributed by atoms with van der Waals surface area (Å²) < 4.78 is 45.2. The largest absolute Gasteiger partial charge is 0.479 e. The molecular weight excluding hydrogens is 437 g/mol. The zero-order valence-corrected chi connectivity index (χ0v) is 17.6. The summed E-state index contributed by atoms with van der Waals surface area (Å²) >= 11 is 0. The van der Waals surface area contributed by atoms with Gasteiger partial charge in [-0.15, -0.1) is 0 Å². The molecule has 0 bridgehead atoms. The zero-order chi connectivity index (χ0) is 24.0. The molecule has 0 spiro atoms. The number of nitrogens with zero attached hydrogens (tertiary/aromatic N) is 2. The smallest absolute Gasteiger partial charge is 0.416 e. The molecule has 0 radical (unpaired) electrons. The summed E-state index contributed by atoms with van der Waals surface area (Å²) in [4.78, 5) is 27.7. The molecule has 0 fully saturated rings. The van der Waals surface area contributed by atoms with E-state index in [9.17, 15) is 22.8 Å². The molecule has 1 atom stereocenters. The highest BCUT2D eigenvalue weighted by molar-refractivity contribution is 6.06. The van der Waals surface area contributed by atoms with Gasteiger partial charge < -0.3 is 14.4 Å². The second-order valence-electron chi connectivity index (χ2n) is 7.21. The number of ketones is 1. The number of aliphatic carboxylic acids is 1. The molecule has 6 nitrogen and oxygen atoms in total. The summed E-state index contributed by atoms with van der Waals surface area (Å²) in [7, 11) is 0. The van der Waals surface area contributed by atoms with E-state index in [-0.39, 0.29) is 11.4 Å². The molecule has 3 rings (SSSR count). The third kappa shape index (κ3) is 6.31. The van der Waals surface area contributed by atoms with E-state index in [1.54, 1.807) is 29.0 Å². The number of imidazole rings is 1. The number of halogens is 3. The number of hydrogen-bond donors (Lipinski definition) is 1. The lowest BCUT2D eigenvalue weighted by Crippen LogP contribution is -2.22. The Hall–Kier alpha value is -3.88.